The van der Waals surface area contributed by atoms with Crippen LogP contribution in [-0.2, 0) is 6.54 Å². The Morgan fingerprint density at radius 1 is 1.39 bits per heavy atom. The minimum atomic E-state index is 0.596. The maximum atomic E-state index is 6.00. The highest BCUT2D eigenvalue weighted by molar-refractivity contribution is 6.32. The minimum Gasteiger partial charge on any atom is -0.495 e. The van der Waals surface area contributed by atoms with Gasteiger partial charge in [0.1, 0.15) is 11.6 Å². The van der Waals surface area contributed by atoms with Crippen molar-refractivity contribution < 1.29 is 4.74 Å². The number of hydrogen-bond donors (Lipinski definition) is 2. The molecule has 0 radical (unpaired) electrons. The van der Waals surface area contributed by atoms with Gasteiger partial charge < -0.3 is 15.8 Å². The number of rotatable bonds is 4. The lowest BCUT2D eigenvalue weighted by Gasteiger charge is -2.09. The van der Waals surface area contributed by atoms with Crippen LogP contribution in [0.1, 0.15) is 5.56 Å². The molecular formula is C13H14ClN3O. The molecule has 5 heteroatoms. The molecule has 0 unspecified atom stereocenters. The molecule has 0 amide bonds. The molecule has 0 spiro atoms. The summed E-state index contributed by atoms with van der Waals surface area (Å²) in [5, 5.41) is 3.75. The van der Waals surface area contributed by atoms with E-state index in [0.29, 0.717) is 28.8 Å². The molecule has 0 saturated heterocycles. The lowest BCUT2D eigenvalue weighted by molar-refractivity contribution is 0.417. The quantitative estimate of drug-likeness (QED) is 0.833. The van der Waals surface area contributed by atoms with Crippen LogP contribution in [0.15, 0.2) is 36.5 Å². The molecule has 0 atom stereocenters. The van der Waals surface area contributed by atoms with E-state index in [1.807, 2.05) is 18.2 Å². The Balaban J connectivity index is 2.07. The van der Waals surface area contributed by atoms with E-state index in [9.17, 15) is 0 Å². The molecule has 0 bridgehead atoms. The largest absolute Gasteiger partial charge is 0.495 e. The monoisotopic (exact) mass is 263 g/mol. The molecule has 1 aromatic heterocycles. The fourth-order valence-corrected chi connectivity index (χ4v) is 1.78. The number of ether oxygens (including phenoxy) is 1. The summed E-state index contributed by atoms with van der Waals surface area (Å²) in [6.07, 6.45) is 1.69. The highest BCUT2D eigenvalue weighted by Gasteiger charge is 2.03. The van der Waals surface area contributed by atoms with Gasteiger partial charge in [-0.25, -0.2) is 4.98 Å². The van der Waals surface area contributed by atoms with Crippen LogP contribution in [0.4, 0.5) is 11.5 Å². The predicted molar refractivity (Wildman–Crippen MR) is 74.0 cm³/mol. The summed E-state index contributed by atoms with van der Waals surface area (Å²) >= 11 is 6.00. The number of halogens is 1. The van der Waals surface area contributed by atoms with Gasteiger partial charge >= 0.3 is 0 Å². The van der Waals surface area contributed by atoms with Gasteiger partial charge in [-0.05, 0) is 29.8 Å². The number of nitrogen functional groups attached to an aromatic ring is 1. The number of nitrogens with two attached hydrogens (primary N) is 1. The second kappa shape index (κ2) is 5.60. The summed E-state index contributed by atoms with van der Waals surface area (Å²) in [7, 11) is 1.59. The van der Waals surface area contributed by atoms with Gasteiger partial charge in [0.05, 0.1) is 17.8 Å². The third kappa shape index (κ3) is 2.84. The standard InChI is InChI=1S/C13H14ClN3O/c1-18-12-5-4-9(7-11(12)15)8-17-13-10(14)3-2-6-16-13/h2-7H,8,15H2,1H3,(H,16,17). The number of pyridine rings is 1. The van der Waals surface area contributed by atoms with E-state index < -0.39 is 0 Å². The zero-order valence-corrected chi connectivity index (χ0v) is 10.7. The van der Waals surface area contributed by atoms with Crippen LogP contribution in [0, 0.1) is 0 Å². The summed E-state index contributed by atoms with van der Waals surface area (Å²) in [5.74, 6) is 1.34. The summed E-state index contributed by atoms with van der Waals surface area (Å²) in [6.45, 7) is 0.602. The van der Waals surface area contributed by atoms with Crippen molar-refractivity contribution in [1.82, 2.24) is 4.98 Å². The Hall–Kier alpha value is -1.94. The molecule has 1 heterocycles. The molecule has 0 aliphatic rings. The Morgan fingerprint density at radius 2 is 2.22 bits per heavy atom. The molecule has 0 saturated carbocycles. The number of hydrogen-bond acceptors (Lipinski definition) is 4. The number of methoxy groups -OCH3 is 1. The Bertz CT molecular complexity index is 546. The van der Waals surface area contributed by atoms with Gasteiger partial charge in [-0.1, -0.05) is 17.7 Å². The van der Waals surface area contributed by atoms with E-state index in [0.717, 1.165) is 5.56 Å². The molecule has 0 aliphatic heterocycles. The molecule has 3 N–H and O–H groups in total. The third-order valence-corrected chi connectivity index (χ3v) is 2.82. The Labute approximate surface area is 111 Å². The van der Waals surface area contributed by atoms with Gasteiger partial charge in [-0.3, -0.25) is 0 Å². The van der Waals surface area contributed by atoms with Crippen molar-refractivity contribution in [2.75, 3.05) is 18.2 Å². The van der Waals surface area contributed by atoms with Gasteiger partial charge in [-0.15, -0.1) is 0 Å². The third-order valence-electron chi connectivity index (χ3n) is 2.51. The first-order chi connectivity index (χ1) is 8.70. The van der Waals surface area contributed by atoms with Crippen LogP contribution >= 0.6 is 11.6 Å². The SMILES string of the molecule is COc1ccc(CNc2ncccc2Cl)cc1N. The lowest BCUT2D eigenvalue weighted by atomic mass is 10.2. The average Bonchev–Trinajstić information content (AvgIpc) is 2.38. The summed E-state index contributed by atoms with van der Waals surface area (Å²) in [5.41, 5.74) is 7.49. The van der Waals surface area contributed by atoms with Gasteiger partial charge in [0.25, 0.3) is 0 Å². The first-order valence-corrected chi connectivity index (χ1v) is 5.85. The first-order valence-electron chi connectivity index (χ1n) is 5.47. The fraction of sp³-hybridized carbons (Fsp3) is 0.154. The van der Waals surface area contributed by atoms with E-state index in [4.69, 9.17) is 22.1 Å². The van der Waals surface area contributed by atoms with Gasteiger partial charge in [-0.2, -0.15) is 0 Å². The molecule has 2 aromatic rings. The van der Waals surface area contributed by atoms with Crippen LogP contribution < -0.4 is 15.8 Å². The lowest BCUT2D eigenvalue weighted by Crippen LogP contribution is -2.03. The minimum absolute atomic E-state index is 0.596. The van der Waals surface area contributed by atoms with Crippen molar-refractivity contribution in [2.24, 2.45) is 0 Å². The van der Waals surface area contributed by atoms with Crippen molar-refractivity contribution >= 4 is 23.1 Å². The normalized spacial score (nSPS) is 10.1. The van der Waals surface area contributed by atoms with E-state index in [1.54, 1.807) is 25.4 Å². The zero-order valence-electron chi connectivity index (χ0n) is 9.98. The molecule has 0 fully saturated rings. The average molecular weight is 264 g/mol. The summed E-state index contributed by atoms with van der Waals surface area (Å²) in [4.78, 5) is 4.15. The van der Waals surface area contributed by atoms with Crippen LogP contribution in [-0.4, -0.2) is 12.1 Å². The number of anilines is 2. The van der Waals surface area contributed by atoms with Crippen molar-refractivity contribution in [3.8, 4) is 5.75 Å². The predicted octanol–water partition coefficient (Wildman–Crippen LogP) is 2.94. The maximum Gasteiger partial charge on any atom is 0.145 e. The molecule has 1 aromatic carbocycles. The summed E-state index contributed by atoms with van der Waals surface area (Å²) in [6, 6.07) is 9.23. The van der Waals surface area contributed by atoms with E-state index in [-0.39, 0.29) is 0 Å². The first kappa shape index (κ1) is 12.5. The topological polar surface area (TPSA) is 60.2 Å². The van der Waals surface area contributed by atoms with Crippen molar-refractivity contribution in [2.45, 2.75) is 6.54 Å². The Morgan fingerprint density at radius 3 is 2.89 bits per heavy atom. The van der Waals surface area contributed by atoms with E-state index >= 15 is 0 Å². The number of aromatic nitrogens is 1. The zero-order chi connectivity index (χ0) is 13.0. The van der Waals surface area contributed by atoms with Crippen molar-refractivity contribution in [1.29, 1.82) is 0 Å². The fourth-order valence-electron chi connectivity index (χ4n) is 1.60. The molecule has 0 aliphatic carbocycles. The smallest absolute Gasteiger partial charge is 0.145 e. The van der Waals surface area contributed by atoms with Crippen LogP contribution in [0.2, 0.25) is 5.02 Å². The highest BCUT2D eigenvalue weighted by atomic mass is 35.5. The van der Waals surface area contributed by atoms with Crippen molar-refractivity contribution in [3.63, 3.8) is 0 Å². The number of benzene rings is 1. The Kier molecular flexibility index (Phi) is 3.89. The molecular weight excluding hydrogens is 250 g/mol. The van der Waals surface area contributed by atoms with Crippen LogP contribution in [0.3, 0.4) is 0 Å². The second-order valence-corrected chi connectivity index (χ2v) is 4.17. The van der Waals surface area contributed by atoms with Crippen LogP contribution in [0.25, 0.3) is 0 Å². The second-order valence-electron chi connectivity index (χ2n) is 3.76. The molecule has 18 heavy (non-hydrogen) atoms. The van der Waals surface area contributed by atoms with Crippen LogP contribution in [0.5, 0.6) is 5.75 Å². The van der Waals surface area contributed by atoms with Gasteiger partial charge in [0.2, 0.25) is 0 Å². The van der Waals surface area contributed by atoms with Gasteiger partial charge in [0, 0.05) is 12.7 Å². The van der Waals surface area contributed by atoms with E-state index in [1.165, 1.54) is 0 Å². The molecule has 4 nitrogen and oxygen atoms in total. The molecule has 2 rings (SSSR count). The number of nitrogens with one attached hydrogen (secondary N) is 1. The van der Waals surface area contributed by atoms with Crippen molar-refractivity contribution in [3.05, 3.63) is 47.1 Å². The molecule has 94 valence electrons. The maximum absolute atomic E-state index is 6.00. The number of nitrogens with zero attached hydrogens (tertiary/aromatic N) is 1. The highest BCUT2D eigenvalue weighted by Crippen LogP contribution is 2.23. The van der Waals surface area contributed by atoms with E-state index in [2.05, 4.69) is 10.3 Å². The van der Waals surface area contributed by atoms with Gasteiger partial charge in [0.15, 0.2) is 0 Å². The summed E-state index contributed by atoms with van der Waals surface area (Å²) < 4.78 is 5.10.